The van der Waals surface area contributed by atoms with Gasteiger partial charge in [-0.1, -0.05) is 17.7 Å². The van der Waals surface area contributed by atoms with Gasteiger partial charge in [0.25, 0.3) is 0 Å². The maximum Gasteiger partial charge on any atom is 0.414 e. The van der Waals surface area contributed by atoms with Crippen LogP contribution in [0.2, 0.25) is 5.02 Å². The number of hydrogen-bond acceptors (Lipinski definition) is 3. The summed E-state index contributed by atoms with van der Waals surface area (Å²) < 4.78 is 2.42. The summed E-state index contributed by atoms with van der Waals surface area (Å²) >= 11 is 6.09. The quantitative estimate of drug-likeness (QED) is 0.647. The van der Waals surface area contributed by atoms with Crippen molar-refractivity contribution in [3.8, 4) is 0 Å². The van der Waals surface area contributed by atoms with Crippen molar-refractivity contribution in [3.63, 3.8) is 0 Å². The molecule has 0 amide bonds. The fourth-order valence-electron chi connectivity index (χ4n) is 2.71. The topological polar surface area (TPSA) is 91.6 Å². The number of carbonyl (C=O) groups is 2. The molecule has 1 unspecified atom stereocenters. The monoisotopic (exact) mass is 324 g/mol. The van der Waals surface area contributed by atoms with E-state index in [1.54, 1.807) is 0 Å². The summed E-state index contributed by atoms with van der Waals surface area (Å²) in [5.74, 6) is -3.65. The summed E-state index contributed by atoms with van der Waals surface area (Å²) in [6.07, 6.45) is 0. The zero-order valence-corrected chi connectivity index (χ0v) is 13.0. The molecule has 1 aliphatic heterocycles. The van der Waals surface area contributed by atoms with Gasteiger partial charge in [-0.05, 0) is 31.5 Å². The molecule has 22 heavy (non-hydrogen) atoms. The van der Waals surface area contributed by atoms with Crippen molar-refractivity contribution in [2.75, 3.05) is 6.54 Å². The van der Waals surface area contributed by atoms with Crippen LogP contribution < -0.4 is 5.32 Å². The van der Waals surface area contributed by atoms with Crippen LogP contribution in [-0.4, -0.2) is 33.3 Å². The highest BCUT2D eigenvalue weighted by atomic mass is 35.5. The van der Waals surface area contributed by atoms with Crippen LogP contribution in [0.4, 0.5) is 0 Å². The molecule has 2 aromatic rings. The highest BCUT2D eigenvalue weighted by molar-refractivity contribution is 6.31. The van der Waals surface area contributed by atoms with E-state index in [0.717, 1.165) is 18.1 Å². The third-order valence-electron chi connectivity index (χ3n) is 3.70. The largest absolute Gasteiger partial charge is 0.473 e. The van der Waals surface area contributed by atoms with Crippen LogP contribution in [0.1, 0.15) is 24.2 Å². The number of benzene rings is 1. The lowest BCUT2D eigenvalue weighted by Gasteiger charge is -2.25. The minimum atomic E-state index is -1.82. The molecule has 118 valence electrons. The van der Waals surface area contributed by atoms with Crippen molar-refractivity contribution in [1.29, 1.82) is 0 Å². The Labute approximate surface area is 132 Å². The Balaban J connectivity index is 0.000000254. The van der Waals surface area contributed by atoms with Gasteiger partial charge in [0, 0.05) is 35.2 Å². The number of nitrogens with zero attached hydrogens (tertiary/aromatic N) is 1. The molecular weight excluding hydrogens is 308 g/mol. The van der Waals surface area contributed by atoms with Gasteiger partial charge in [-0.2, -0.15) is 0 Å². The highest BCUT2D eigenvalue weighted by Gasteiger charge is 2.21. The van der Waals surface area contributed by atoms with E-state index in [9.17, 15) is 0 Å². The van der Waals surface area contributed by atoms with E-state index in [1.165, 1.54) is 22.2 Å². The average molecular weight is 325 g/mol. The Kier molecular flexibility index (Phi) is 4.73. The predicted octanol–water partition coefficient (Wildman–Crippen LogP) is 2.42. The van der Waals surface area contributed by atoms with Gasteiger partial charge in [0.05, 0.1) is 5.52 Å². The molecule has 6 nitrogen and oxygen atoms in total. The number of aryl methyl sites for hydroxylation is 1. The Bertz CT molecular complexity index is 727. The lowest BCUT2D eigenvalue weighted by Crippen LogP contribution is -2.31. The summed E-state index contributed by atoms with van der Waals surface area (Å²) in [6.45, 7) is 6.43. The Hall–Kier alpha value is -2.05. The molecule has 1 aliphatic rings. The molecule has 0 spiro atoms. The molecule has 0 fully saturated rings. The smallest absolute Gasteiger partial charge is 0.414 e. The summed E-state index contributed by atoms with van der Waals surface area (Å²) in [7, 11) is 0. The average Bonchev–Trinajstić information content (AvgIpc) is 2.73. The molecule has 1 atom stereocenters. The molecule has 3 N–H and O–H groups in total. The number of aliphatic carboxylic acids is 2. The van der Waals surface area contributed by atoms with Gasteiger partial charge < -0.3 is 20.1 Å². The first-order chi connectivity index (χ1) is 10.3. The lowest BCUT2D eigenvalue weighted by atomic mass is 10.1. The van der Waals surface area contributed by atoms with Crippen LogP contribution in [-0.2, 0) is 16.1 Å². The van der Waals surface area contributed by atoms with Crippen LogP contribution in [0.5, 0.6) is 0 Å². The Morgan fingerprint density at radius 1 is 1.32 bits per heavy atom. The number of carboxylic acid groups (broad SMARTS) is 2. The van der Waals surface area contributed by atoms with Crippen LogP contribution in [0.3, 0.4) is 0 Å². The maximum atomic E-state index is 9.10. The first kappa shape index (κ1) is 16.3. The maximum absolute atomic E-state index is 9.10. The van der Waals surface area contributed by atoms with E-state index < -0.39 is 11.9 Å². The minimum absolute atomic E-state index is 0.499. The van der Waals surface area contributed by atoms with E-state index in [-0.39, 0.29) is 0 Å². The lowest BCUT2D eigenvalue weighted by molar-refractivity contribution is -0.159. The van der Waals surface area contributed by atoms with E-state index in [4.69, 9.17) is 31.4 Å². The molecule has 0 aliphatic carbocycles. The van der Waals surface area contributed by atoms with Crippen molar-refractivity contribution in [2.45, 2.75) is 26.4 Å². The summed E-state index contributed by atoms with van der Waals surface area (Å²) in [4.78, 5) is 18.2. The zero-order chi connectivity index (χ0) is 16.4. The van der Waals surface area contributed by atoms with Crippen LogP contribution in [0.15, 0.2) is 18.2 Å². The van der Waals surface area contributed by atoms with Crippen molar-refractivity contribution in [3.05, 3.63) is 34.5 Å². The molecule has 0 saturated carbocycles. The fraction of sp³-hybridized carbons (Fsp3) is 0.333. The van der Waals surface area contributed by atoms with E-state index in [1.807, 2.05) is 6.07 Å². The van der Waals surface area contributed by atoms with E-state index in [0.29, 0.717) is 6.04 Å². The van der Waals surface area contributed by atoms with E-state index in [2.05, 4.69) is 35.9 Å². The van der Waals surface area contributed by atoms with Gasteiger partial charge in [0.15, 0.2) is 0 Å². The molecule has 7 heteroatoms. The second-order valence-corrected chi connectivity index (χ2v) is 5.63. The van der Waals surface area contributed by atoms with Gasteiger partial charge in [-0.3, -0.25) is 0 Å². The predicted molar refractivity (Wildman–Crippen MR) is 83.4 cm³/mol. The van der Waals surface area contributed by atoms with Crippen LogP contribution in [0, 0.1) is 6.92 Å². The SMILES string of the molecule is Cc1c2n(c3cc(Cl)ccc13)C(C)CNC2.O=C(O)C(=O)O. The third-order valence-corrected chi connectivity index (χ3v) is 3.94. The first-order valence-electron chi connectivity index (χ1n) is 6.78. The van der Waals surface area contributed by atoms with Gasteiger partial charge in [-0.25, -0.2) is 9.59 Å². The number of fused-ring (bicyclic) bond motifs is 3. The molecular formula is C15H17ClN2O4. The highest BCUT2D eigenvalue weighted by Crippen LogP contribution is 2.32. The number of hydrogen-bond donors (Lipinski definition) is 3. The number of aromatic nitrogens is 1. The molecule has 1 aromatic carbocycles. The van der Waals surface area contributed by atoms with Crippen LogP contribution >= 0.6 is 11.6 Å². The number of nitrogens with one attached hydrogen (secondary N) is 1. The fourth-order valence-corrected chi connectivity index (χ4v) is 2.88. The standard InChI is InChI=1S/C13H15ClN2.C2H2O4/c1-8-6-15-7-13-9(2)11-4-3-10(14)5-12(11)16(8)13;3-1(4)2(5)6/h3-5,8,15H,6-7H2,1-2H3;(H,3,4)(H,5,6). The summed E-state index contributed by atoms with van der Waals surface area (Å²) in [5, 5.41) is 20.4. The van der Waals surface area contributed by atoms with Gasteiger partial charge >= 0.3 is 11.9 Å². The summed E-state index contributed by atoms with van der Waals surface area (Å²) in [6, 6.07) is 6.68. The molecule has 3 rings (SSSR count). The van der Waals surface area contributed by atoms with Crippen LogP contribution in [0.25, 0.3) is 10.9 Å². The second-order valence-electron chi connectivity index (χ2n) is 5.19. The van der Waals surface area contributed by atoms with Gasteiger partial charge in [0.1, 0.15) is 0 Å². The van der Waals surface area contributed by atoms with Crippen molar-refractivity contribution < 1.29 is 19.8 Å². The van der Waals surface area contributed by atoms with Gasteiger partial charge in [-0.15, -0.1) is 0 Å². The van der Waals surface area contributed by atoms with Crippen molar-refractivity contribution in [2.24, 2.45) is 0 Å². The van der Waals surface area contributed by atoms with Gasteiger partial charge in [0.2, 0.25) is 0 Å². The normalized spacial score (nSPS) is 16.6. The molecule has 0 radical (unpaired) electrons. The third kappa shape index (κ3) is 3.08. The molecule has 2 heterocycles. The van der Waals surface area contributed by atoms with E-state index >= 15 is 0 Å². The minimum Gasteiger partial charge on any atom is -0.473 e. The number of carboxylic acids is 2. The Morgan fingerprint density at radius 2 is 1.95 bits per heavy atom. The first-order valence-corrected chi connectivity index (χ1v) is 7.16. The number of rotatable bonds is 0. The summed E-state index contributed by atoms with van der Waals surface area (Å²) in [5.41, 5.74) is 4.05. The number of halogens is 1. The Morgan fingerprint density at radius 3 is 2.55 bits per heavy atom. The zero-order valence-electron chi connectivity index (χ0n) is 12.3. The molecule has 0 saturated heterocycles. The molecule has 0 bridgehead atoms. The van der Waals surface area contributed by atoms with Crippen molar-refractivity contribution >= 4 is 34.4 Å². The second kappa shape index (κ2) is 6.37. The molecule has 1 aromatic heterocycles. The van der Waals surface area contributed by atoms with Crippen molar-refractivity contribution in [1.82, 2.24) is 9.88 Å².